The fourth-order valence-corrected chi connectivity index (χ4v) is 2.80. The molecule has 1 aliphatic rings. The molecule has 0 aliphatic carbocycles. The maximum absolute atomic E-state index is 13.1. The van der Waals surface area contributed by atoms with Gasteiger partial charge in [0.25, 0.3) is 11.8 Å². The number of nitrogens with one attached hydrogen (secondary N) is 1. The molecule has 0 radical (unpaired) electrons. The molecule has 1 heterocycles. The van der Waals surface area contributed by atoms with Crippen LogP contribution in [0, 0.1) is 5.82 Å². The van der Waals surface area contributed by atoms with Crippen LogP contribution in [0.2, 0.25) is 0 Å². The molecule has 100 valence electrons. The normalized spacial score (nSPS) is 13.3. The van der Waals surface area contributed by atoms with E-state index in [2.05, 4.69) is 21.2 Å². The van der Waals surface area contributed by atoms with Crippen molar-refractivity contribution in [2.75, 3.05) is 0 Å². The fraction of sp³-hybridized carbons (Fsp3) is 0.0667. The highest BCUT2D eigenvalue weighted by Crippen LogP contribution is 2.26. The maximum atomic E-state index is 13.1. The molecule has 3 nitrogen and oxygen atoms in total. The molecule has 0 saturated carbocycles. The lowest BCUT2D eigenvalue weighted by molar-refractivity contribution is 0.0879. The van der Waals surface area contributed by atoms with Crippen LogP contribution in [0.25, 0.3) is 0 Å². The van der Waals surface area contributed by atoms with E-state index in [0.29, 0.717) is 22.0 Å². The largest absolute Gasteiger partial charge is 0.288 e. The molecule has 2 aromatic carbocycles. The van der Waals surface area contributed by atoms with E-state index in [-0.39, 0.29) is 17.6 Å². The van der Waals surface area contributed by atoms with Gasteiger partial charge in [0.05, 0.1) is 11.1 Å². The highest BCUT2D eigenvalue weighted by molar-refractivity contribution is 9.10. The zero-order chi connectivity index (χ0) is 14.3. The Morgan fingerprint density at radius 1 is 1.05 bits per heavy atom. The van der Waals surface area contributed by atoms with Crippen molar-refractivity contribution in [3.05, 3.63) is 68.9 Å². The lowest BCUT2D eigenvalue weighted by Crippen LogP contribution is -2.20. The molecule has 3 rings (SSSR count). The van der Waals surface area contributed by atoms with Crippen LogP contribution in [-0.4, -0.2) is 11.8 Å². The lowest BCUT2D eigenvalue weighted by atomic mass is 9.97. The number of benzene rings is 2. The van der Waals surface area contributed by atoms with E-state index < -0.39 is 0 Å². The average molecular weight is 334 g/mol. The minimum absolute atomic E-state index is 0.327. The third kappa shape index (κ3) is 2.14. The van der Waals surface area contributed by atoms with Crippen LogP contribution in [0.4, 0.5) is 4.39 Å². The van der Waals surface area contributed by atoms with Gasteiger partial charge in [0.15, 0.2) is 0 Å². The number of carbonyl (C=O) groups excluding carboxylic acids is 2. The zero-order valence-corrected chi connectivity index (χ0v) is 11.8. The van der Waals surface area contributed by atoms with Gasteiger partial charge in [-0.25, -0.2) is 4.39 Å². The Bertz CT molecular complexity index is 743. The number of carbonyl (C=O) groups is 2. The fourth-order valence-electron chi connectivity index (χ4n) is 2.31. The molecular formula is C15H9BrFNO2. The van der Waals surface area contributed by atoms with Crippen LogP contribution >= 0.6 is 15.9 Å². The third-order valence-electron chi connectivity index (χ3n) is 3.25. The van der Waals surface area contributed by atoms with Gasteiger partial charge in [0.1, 0.15) is 5.82 Å². The van der Waals surface area contributed by atoms with Crippen LogP contribution in [0.5, 0.6) is 0 Å². The van der Waals surface area contributed by atoms with E-state index in [1.54, 1.807) is 24.3 Å². The maximum Gasteiger partial charge on any atom is 0.259 e. The number of rotatable bonds is 2. The summed E-state index contributed by atoms with van der Waals surface area (Å²) in [5, 5.41) is 2.28. The van der Waals surface area contributed by atoms with Crippen molar-refractivity contribution in [2.45, 2.75) is 6.42 Å². The minimum atomic E-state index is -0.376. The second kappa shape index (κ2) is 4.83. The molecule has 5 heteroatoms. The highest BCUT2D eigenvalue weighted by Gasteiger charge is 2.29. The van der Waals surface area contributed by atoms with Crippen molar-refractivity contribution >= 4 is 27.7 Å². The van der Waals surface area contributed by atoms with Crippen molar-refractivity contribution in [1.29, 1.82) is 0 Å². The monoisotopic (exact) mass is 333 g/mol. The molecule has 0 fully saturated rings. The molecule has 0 spiro atoms. The van der Waals surface area contributed by atoms with Gasteiger partial charge >= 0.3 is 0 Å². The molecule has 1 aliphatic heterocycles. The van der Waals surface area contributed by atoms with Gasteiger partial charge in [-0.1, -0.05) is 34.1 Å². The lowest BCUT2D eigenvalue weighted by Gasteiger charge is -2.08. The third-order valence-corrected chi connectivity index (χ3v) is 3.98. The molecule has 1 N–H and O–H groups in total. The van der Waals surface area contributed by atoms with Crippen LogP contribution in [-0.2, 0) is 6.42 Å². The Morgan fingerprint density at radius 2 is 1.85 bits per heavy atom. The van der Waals surface area contributed by atoms with E-state index in [0.717, 1.165) is 11.1 Å². The second-order valence-electron chi connectivity index (χ2n) is 4.54. The smallest absolute Gasteiger partial charge is 0.259 e. The molecule has 0 saturated heterocycles. The van der Waals surface area contributed by atoms with Crippen molar-refractivity contribution < 1.29 is 14.0 Å². The SMILES string of the molecule is O=C1NC(=O)c2c(Cc3ccc(F)cc3Br)cccc21. The van der Waals surface area contributed by atoms with Gasteiger partial charge in [0, 0.05) is 4.47 Å². The van der Waals surface area contributed by atoms with E-state index in [4.69, 9.17) is 0 Å². The highest BCUT2D eigenvalue weighted by atomic mass is 79.9. The predicted octanol–water partition coefficient (Wildman–Crippen LogP) is 3.06. The van der Waals surface area contributed by atoms with Crippen LogP contribution in [0.3, 0.4) is 0 Å². The van der Waals surface area contributed by atoms with Crippen LogP contribution in [0.15, 0.2) is 40.9 Å². The first-order valence-corrected chi connectivity index (χ1v) is 6.77. The summed E-state index contributed by atoms with van der Waals surface area (Å²) >= 11 is 3.30. The van der Waals surface area contributed by atoms with E-state index in [9.17, 15) is 14.0 Å². The summed E-state index contributed by atoms with van der Waals surface area (Å²) in [6.07, 6.45) is 0.449. The standard InChI is InChI=1S/C15H9BrFNO2/c16-12-7-10(17)5-4-8(12)6-9-2-1-3-11-13(9)15(20)18-14(11)19/h1-5,7H,6H2,(H,18,19,20). The Morgan fingerprint density at radius 3 is 2.60 bits per heavy atom. The van der Waals surface area contributed by atoms with Gasteiger partial charge in [-0.2, -0.15) is 0 Å². The van der Waals surface area contributed by atoms with Gasteiger partial charge in [-0.15, -0.1) is 0 Å². The molecular weight excluding hydrogens is 325 g/mol. The van der Waals surface area contributed by atoms with Crippen molar-refractivity contribution in [1.82, 2.24) is 5.32 Å². The molecule has 0 atom stereocenters. The van der Waals surface area contributed by atoms with Gasteiger partial charge in [-0.3, -0.25) is 14.9 Å². The van der Waals surface area contributed by atoms with Crippen molar-refractivity contribution in [3.8, 4) is 0 Å². The summed E-state index contributed by atoms with van der Waals surface area (Å²) < 4.78 is 13.7. The minimum Gasteiger partial charge on any atom is -0.288 e. The summed E-state index contributed by atoms with van der Waals surface area (Å²) in [7, 11) is 0. The number of imide groups is 1. The molecule has 0 unspecified atom stereocenters. The molecule has 2 amide bonds. The Kier molecular flexibility index (Phi) is 3.14. The summed E-state index contributed by atoms with van der Waals surface area (Å²) in [5.74, 6) is -1.07. The molecule has 20 heavy (non-hydrogen) atoms. The molecule has 0 aromatic heterocycles. The zero-order valence-electron chi connectivity index (χ0n) is 10.2. The van der Waals surface area contributed by atoms with Crippen LogP contribution < -0.4 is 5.32 Å². The summed E-state index contributed by atoms with van der Waals surface area (Å²) in [5.41, 5.74) is 2.41. The number of fused-ring (bicyclic) bond motifs is 1. The Balaban J connectivity index is 2.04. The van der Waals surface area contributed by atoms with Crippen molar-refractivity contribution in [2.24, 2.45) is 0 Å². The Hall–Kier alpha value is -2.01. The Labute approximate surface area is 122 Å². The average Bonchev–Trinajstić information content (AvgIpc) is 2.69. The number of amides is 2. The molecule has 0 bridgehead atoms. The van der Waals surface area contributed by atoms with Crippen molar-refractivity contribution in [3.63, 3.8) is 0 Å². The first-order valence-electron chi connectivity index (χ1n) is 5.98. The number of hydrogen-bond donors (Lipinski definition) is 1. The number of hydrogen-bond acceptors (Lipinski definition) is 2. The van der Waals surface area contributed by atoms with Gasteiger partial charge in [-0.05, 0) is 35.7 Å². The summed E-state index contributed by atoms with van der Waals surface area (Å²) in [4.78, 5) is 23.4. The van der Waals surface area contributed by atoms with Crippen LogP contribution in [0.1, 0.15) is 31.8 Å². The summed E-state index contributed by atoms with van der Waals surface area (Å²) in [6, 6.07) is 9.57. The van der Waals surface area contributed by atoms with E-state index in [1.807, 2.05) is 0 Å². The topological polar surface area (TPSA) is 46.2 Å². The molecule has 2 aromatic rings. The first kappa shape index (κ1) is 13.0. The van der Waals surface area contributed by atoms with E-state index in [1.165, 1.54) is 12.1 Å². The van der Waals surface area contributed by atoms with E-state index >= 15 is 0 Å². The first-order chi connectivity index (χ1) is 9.56. The predicted molar refractivity (Wildman–Crippen MR) is 75.1 cm³/mol. The van der Waals surface area contributed by atoms with Gasteiger partial charge < -0.3 is 0 Å². The number of halogens is 2. The quantitative estimate of drug-likeness (QED) is 0.858. The second-order valence-corrected chi connectivity index (χ2v) is 5.39. The summed E-state index contributed by atoms with van der Waals surface area (Å²) in [6.45, 7) is 0. The van der Waals surface area contributed by atoms with Gasteiger partial charge in [0.2, 0.25) is 0 Å².